The lowest BCUT2D eigenvalue weighted by atomic mass is 10.1. The molecule has 8 heteroatoms. The third kappa shape index (κ3) is 2.11. The minimum atomic E-state index is -0.489. The lowest BCUT2D eigenvalue weighted by molar-refractivity contribution is -0.117. The van der Waals surface area contributed by atoms with Crippen molar-refractivity contribution in [3.8, 4) is 0 Å². The Morgan fingerprint density at radius 1 is 1.33 bits per heavy atom. The number of amides is 3. The van der Waals surface area contributed by atoms with Crippen molar-refractivity contribution in [3.63, 3.8) is 0 Å². The Balaban J connectivity index is 1.95. The predicted octanol–water partition coefficient (Wildman–Crippen LogP) is 1.23. The summed E-state index contributed by atoms with van der Waals surface area (Å²) in [5.74, 6) is -1.16. The molecule has 0 bridgehead atoms. The monoisotopic (exact) mass is 285 g/mol. The molecule has 1 aromatic carbocycles. The van der Waals surface area contributed by atoms with Gasteiger partial charge in [0.25, 0.3) is 11.8 Å². The molecular weight excluding hydrogens is 274 g/mol. The molecular formula is C13H11N5O3. The number of azide groups is 1. The summed E-state index contributed by atoms with van der Waals surface area (Å²) in [5, 5.41) is 5.71. The van der Waals surface area contributed by atoms with Gasteiger partial charge in [0, 0.05) is 24.4 Å². The fourth-order valence-corrected chi connectivity index (χ4v) is 2.71. The first kappa shape index (κ1) is 13.1. The maximum atomic E-state index is 12.1. The lowest BCUT2D eigenvalue weighted by Crippen LogP contribution is -2.27. The van der Waals surface area contributed by atoms with Gasteiger partial charge in [0.05, 0.1) is 16.8 Å². The number of carbonyl (C=O) groups is 3. The topological polar surface area (TPSA) is 115 Å². The number of imide groups is 1. The van der Waals surface area contributed by atoms with Crippen molar-refractivity contribution in [2.75, 3.05) is 18.0 Å². The van der Waals surface area contributed by atoms with Gasteiger partial charge in [0.2, 0.25) is 5.91 Å². The minimum absolute atomic E-state index is 0.0792. The van der Waals surface area contributed by atoms with Crippen molar-refractivity contribution in [3.05, 3.63) is 39.8 Å². The molecule has 2 aliphatic rings. The molecule has 1 N–H and O–H groups in total. The zero-order valence-corrected chi connectivity index (χ0v) is 10.9. The van der Waals surface area contributed by atoms with Crippen LogP contribution in [0.3, 0.4) is 0 Å². The van der Waals surface area contributed by atoms with Gasteiger partial charge in [-0.1, -0.05) is 11.2 Å². The van der Waals surface area contributed by atoms with Gasteiger partial charge < -0.3 is 4.90 Å². The van der Waals surface area contributed by atoms with E-state index in [1.165, 1.54) is 4.90 Å². The fourth-order valence-electron chi connectivity index (χ4n) is 2.71. The van der Waals surface area contributed by atoms with Gasteiger partial charge in [-0.05, 0) is 23.6 Å². The number of nitrogens with zero attached hydrogens (tertiary/aromatic N) is 4. The van der Waals surface area contributed by atoms with Crippen LogP contribution >= 0.6 is 0 Å². The lowest BCUT2D eigenvalue weighted by Gasteiger charge is -2.18. The number of hydrogen-bond donors (Lipinski definition) is 1. The van der Waals surface area contributed by atoms with E-state index < -0.39 is 11.8 Å². The minimum Gasteiger partial charge on any atom is -0.311 e. The molecule has 106 valence electrons. The van der Waals surface area contributed by atoms with Crippen LogP contribution in [0, 0.1) is 5.92 Å². The first-order valence-corrected chi connectivity index (χ1v) is 6.41. The highest BCUT2D eigenvalue weighted by Gasteiger charge is 2.36. The summed E-state index contributed by atoms with van der Waals surface area (Å²) in [6.07, 6.45) is 0.262. The molecule has 3 rings (SSSR count). The molecule has 1 saturated heterocycles. The van der Waals surface area contributed by atoms with Gasteiger partial charge in [-0.25, -0.2) is 0 Å². The number of fused-ring (bicyclic) bond motifs is 1. The Morgan fingerprint density at radius 3 is 2.90 bits per heavy atom. The molecule has 2 aliphatic heterocycles. The molecule has 0 radical (unpaired) electrons. The maximum Gasteiger partial charge on any atom is 0.261 e. The molecule has 8 nitrogen and oxygen atoms in total. The Kier molecular flexibility index (Phi) is 3.08. The third-order valence-electron chi connectivity index (χ3n) is 3.64. The van der Waals surface area contributed by atoms with Crippen LogP contribution in [0.5, 0.6) is 0 Å². The number of carbonyl (C=O) groups excluding carboxylic acids is 3. The second-order valence-corrected chi connectivity index (χ2v) is 4.97. The zero-order chi connectivity index (χ0) is 15.0. The summed E-state index contributed by atoms with van der Waals surface area (Å²) in [6, 6.07) is 4.84. The highest BCUT2D eigenvalue weighted by atomic mass is 16.2. The summed E-state index contributed by atoms with van der Waals surface area (Å²) in [7, 11) is 0. The molecule has 21 heavy (non-hydrogen) atoms. The van der Waals surface area contributed by atoms with E-state index in [9.17, 15) is 14.4 Å². The average Bonchev–Trinajstić information content (AvgIpc) is 2.98. The Bertz CT molecular complexity index is 708. The summed E-state index contributed by atoms with van der Waals surface area (Å²) in [6.45, 7) is 0.606. The van der Waals surface area contributed by atoms with Crippen LogP contribution in [0.15, 0.2) is 23.3 Å². The van der Waals surface area contributed by atoms with Crippen molar-refractivity contribution in [2.24, 2.45) is 11.0 Å². The van der Waals surface area contributed by atoms with Gasteiger partial charge in [0.1, 0.15) is 0 Å². The number of anilines is 1. The maximum absolute atomic E-state index is 12.1. The average molecular weight is 285 g/mol. The van der Waals surface area contributed by atoms with Crippen LogP contribution in [-0.2, 0) is 4.79 Å². The van der Waals surface area contributed by atoms with Gasteiger partial charge >= 0.3 is 0 Å². The molecule has 0 aromatic heterocycles. The zero-order valence-electron chi connectivity index (χ0n) is 10.9. The number of rotatable bonds is 3. The number of benzene rings is 1. The summed E-state index contributed by atoms with van der Waals surface area (Å²) in [4.78, 5) is 39.8. The van der Waals surface area contributed by atoms with Crippen LogP contribution in [0.2, 0.25) is 0 Å². The molecule has 3 amide bonds. The number of hydrogen-bond acceptors (Lipinski definition) is 4. The Labute approximate surface area is 119 Å². The molecule has 1 atom stereocenters. The first-order valence-electron chi connectivity index (χ1n) is 6.41. The highest BCUT2D eigenvalue weighted by Crippen LogP contribution is 2.32. The van der Waals surface area contributed by atoms with Crippen molar-refractivity contribution < 1.29 is 14.4 Å². The highest BCUT2D eigenvalue weighted by molar-refractivity contribution is 6.24. The van der Waals surface area contributed by atoms with Gasteiger partial charge in [-0.15, -0.1) is 0 Å². The number of nitrogens with one attached hydrogen (secondary N) is 1. The predicted molar refractivity (Wildman–Crippen MR) is 72.7 cm³/mol. The fraction of sp³-hybridized carbons (Fsp3) is 0.308. The summed E-state index contributed by atoms with van der Waals surface area (Å²) < 4.78 is 0. The van der Waals surface area contributed by atoms with E-state index in [2.05, 4.69) is 15.3 Å². The van der Waals surface area contributed by atoms with Crippen molar-refractivity contribution in [1.29, 1.82) is 0 Å². The van der Waals surface area contributed by atoms with Crippen molar-refractivity contribution in [1.82, 2.24) is 5.32 Å². The quantitative estimate of drug-likeness (QED) is 0.389. The van der Waals surface area contributed by atoms with Crippen LogP contribution in [0.4, 0.5) is 5.69 Å². The van der Waals surface area contributed by atoms with Crippen molar-refractivity contribution >= 4 is 23.4 Å². The molecule has 0 saturated carbocycles. The van der Waals surface area contributed by atoms with Gasteiger partial charge in [-0.2, -0.15) is 0 Å². The normalized spacial score (nSPS) is 20.3. The molecule has 1 unspecified atom stereocenters. The third-order valence-corrected chi connectivity index (χ3v) is 3.64. The van der Waals surface area contributed by atoms with Crippen LogP contribution < -0.4 is 10.2 Å². The van der Waals surface area contributed by atoms with E-state index in [1.54, 1.807) is 18.2 Å². The standard InChI is InChI=1S/C13H11N5O3/c14-17-15-5-7-4-10(19)18(6-7)9-3-1-2-8-11(9)13(21)16-12(8)20/h1-3,7H,4-6H2,(H,16,20,21). The van der Waals surface area contributed by atoms with E-state index in [-0.39, 0.29) is 35.9 Å². The molecule has 0 aliphatic carbocycles. The molecule has 1 aromatic rings. The SMILES string of the molecule is [N-]=[N+]=NCC1CC(=O)N(c2cccc3c2C(=O)NC3=O)C1. The van der Waals surface area contributed by atoms with Crippen LogP contribution in [-0.4, -0.2) is 30.8 Å². The second-order valence-electron chi connectivity index (χ2n) is 4.97. The summed E-state index contributed by atoms with van der Waals surface area (Å²) >= 11 is 0. The molecule has 1 fully saturated rings. The van der Waals surface area contributed by atoms with Gasteiger partial charge in [-0.3, -0.25) is 19.7 Å². The molecule has 0 spiro atoms. The Morgan fingerprint density at radius 2 is 2.14 bits per heavy atom. The van der Waals surface area contributed by atoms with Gasteiger partial charge in [0.15, 0.2) is 0 Å². The molecule has 2 heterocycles. The van der Waals surface area contributed by atoms with E-state index in [0.717, 1.165) is 0 Å². The Hall–Kier alpha value is -2.86. The van der Waals surface area contributed by atoms with E-state index in [1.807, 2.05) is 0 Å². The van der Waals surface area contributed by atoms with E-state index >= 15 is 0 Å². The first-order chi connectivity index (χ1) is 10.1. The van der Waals surface area contributed by atoms with Crippen LogP contribution in [0.1, 0.15) is 27.1 Å². The van der Waals surface area contributed by atoms with E-state index in [0.29, 0.717) is 12.2 Å². The summed E-state index contributed by atoms with van der Waals surface area (Å²) in [5.41, 5.74) is 9.29. The van der Waals surface area contributed by atoms with Crippen LogP contribution in [0.25, 0.3) is 10.4 Å². The smallest absolute Gasteiger partial charge is 0.261 e. The largest absolute Gasteiger partial charge is 0.311 e. The van der Waals surface area contributed by atoms with Crippen molar-refractivity contribution in [2.45, 2.75) is 6.42 Å². The second kappa shape index (κ2) is 4.92. The van der Waals surface area contributed by atoms with E-state index in [4.69, 9.17) is 5.53 Å².